The van der Waals surface area contributed by atoms with Crippen LogP contribution in [-0.4, -0.2) is 116 Å². The smallest absolute Gasteiger partial charge is 0.331 e. The van der Waals surface area contributed by atoms with Gasteiger partial charge in [0, 0.05) is 81.7 Å². The molecule has 0 saturated carbocycles. The molecule has 1 N–H and O–H groups in total. The highest BCUT2D eigenvalue weighted by Gasteiger charge is 2.32. The molecule has 0 aliphatic carbocycles. The van der Waals surface area contributed by atoms with Crippen LogP contribution in [0.2, 0.25) is 0 Å². The Balaban J connectivity index is 1.25. The van der Waals surface area contributed by atoms with E-state index in [4.69, 9.17) is 24.3 Å². The quantitative estimate of drug-likeness (QED) is 0.143. The number of fused-ring (bicyclic) bond motifs is 1. The van der Waals surface area contributed by atoms with Crippen LogP contribution >= 0.6 is 0 Å². The average molecular weight is 742 g/mol. The Morgan fingerprint density at radius 3 is 2.45 bits per heavy atom. The van der Waals surface area contributed by atoms with E-state index in [0.29, 0.717) is 44.2 Å². The number of esters is 1. The number of alkyl halides is 3. The summed E-state index contributed by atoms with van der Waals surface area (Å²) in [6, 6.07) is 5.57. The summed E-state index contributed by atoms with van der Waals surface area (Å²) in [5, 5.41) is 9.32. The fourth-order valence-electron chi connectivity index (χ4n) is 7.18. The zero-order valence-electron chi connectivity index (χ0n) is 31.5. The van der Waals surface area contributed by atoms with Crippen molar-refractivity contribution >= 4 is 40.1 Å². The van der Waals surface area contributed by atoms with Crippen molar-refractivity contribution in [2.24, 2.45) is 0 Å². The van der Waals surface area contributed by atoms with Crippen LogP contribution < -0.4 is 19.9 Å². The van der Waals surface area contributed by atoms with Gasteiger partial charge in [0.25, 0.3) is 0 Å². The molecule has 1 atom stereocenters. The number of halogens is 3. The molecular weight excluding hydrogens is 687 g/mol. The minimum atomic E-state index is -2.69. The molecular formula is C39H54F3N7O4. The van der Waals surface area contributed by atoms with Crippen molar-refractivity contribution in [3.05, 3.63) is 41.7 Å². The lowest BCUT2D eigenvalue weighted by molar-refractivity contribution is -0.148. The number of carbonyl (C=O) groups excluding carboxylic acids is 1. The van der Waals surface area contributed by atoms with Gasteiger partial charge in [0.2, 0.25) is 5.67 Å². The Morgan fingerprint density at radius 2 is 1.77 bits per heavy atom. The van der Waals surface area contributed by atoms with Crippen molar-refractivity contribution in [3.8, 4) is 5.75 Å². The first kappa shape index (κ1) is 38.7. The van der Waals surface area contributed by atoms with Crippen molar-refractivity contribution in [2.75, 3.05) is 94.0 Å². The van der Waals surface area contributed by atoms with Crippen LogP contribution in [0.4, 0.5) is 30.4 Å². The highest BCUT2D eigenvalue weighted by Crippen LogP contribution is 2.37. The number of pyridine rings is 1. The maximum atomic E-state index is 14.6. The number of ether oxygens (including phenoxy) is 3. The number of hydrogen-bond acceptors (Lipinski definition) is 10. The predicted molar refractivity (Wildman–Crippen MR) is 202 cm³/mol. The van der Waals surface area contributed by atoms with Crippen molar-refractivity contribution in [1.29, 1.82) is 0 Å². The molecule has 6 rings (SSSR count). The fraction of sp³-hybridized carbons (Fsp3) is 0.615. The number of rotatable bonds is 14. The van der Waals surface area contributed by atoms with Crippen LogP contribution in [0.1, 0.15) is 70.4 Å². The monoisotopic (exact) mass is 741 g/mol. The molecule has 53 heavy (non-hydrogen) atoms. The van der Waals surface area contributed by atoms with Crippen molar-refractivity contribution in [2.45, 2.75) is 77.3 Å². The fourth-order valence-corrected chi connectivity index (χ4v) is 7.18. The van der Waals surface area contributed by atoms with Crippen LogP contribution in [0.3, 0.4) is 0 Å². The summed E-state index contributed by atoms with van der Waals surface area (Å²) in [6.07, 6.45) is 9.99. The number of nitrogens with one attached hydrogen (secondary N) is 1. The summed E-state index contributed by atoms with van der Waals surface area (Å²) in [5.41, 5.74) is 0.940. The molecule has 2 aromatic heterocycles. The first-order valence-electron chi connectivity index (χ1n) is 18.9. The number of benzene rings is 1. The molecule has 0 bridgehead atoms. The second-order valence-corrected chi connectivity index (χ2v) is 15.3. The summed E-state index contributed by atoms with van der Waals surface area (Å²) in [5.74, 6) is 0.667. The molecule has 0 radical (unpaired) electrons. The second kappa shape index (κ2) is 17.0. The summed E-state index contributed by atoms with van der Waals surface area (Å²) < 4.78 is 60.6. The largest absolute Gasteiger partial charge is 0.490 e. The lowest BCUT2D eigenvalue weighted by Crippen LogP contribution is -2.47. The number of nitrogens with zero attached hydrogens (tertiary/aromatic N) is 6. The number of aromatic nitrogens is 3. The van der Waals surface area contributed by atoms with E-state index >= 15 is 0 Å². The van der Waals surface area contributed by atoms with Crippen LogP contribution in [0.5, 0.6) is 5.75 Å². The molecule has 1 aromatic carbocycles. The topological polar surface area (TPSA) is 97.2 Å². The molecule has 1 unspecified atom stereocenters. The van der Waals surface area contributed by atoms with E-state index in [0.717, 1.165) is 79.1 Å². The number of hydrogen-bond donors (Lipinski definition) is 1. The molecule has 3 aromatic rings. The zero-order valence-corrected chi connectivity index (χ0v) is 31.5. The van der Waals surface area contributed by atoms with Crippen LogP contribution in [0.25, 0.3) is 17.0 Å². The maximum Gasteiger partial charge on any atom is 0.331 e. The lowest BCUT2D eigenvalue weighted by Gasteiger charge is -2.38. The highest BCUT2D eigenvalue weighted by molar-refractivity contribution is 5.98. The van der Waals surface area contributed by atoms with Crippen LogP contribution in [-0.2, 0) is 14.3 Å². The lowest BCUT2D eigenvalue weighted by atomic mass is 10.1. The number of carbonyl (C=O) groups is 1. The van der Waals surface area contributed by atoms with Crippen molar-refractivity contribution in [1.82, 2.24) is 19.7 Å². The van der Waals surface area contributed by atoms with Gasteiger partial charge in [-0.25, -0.2) is 27.6 Å². The van der Waals surface area contributed by atoms with Gasteiger partial charge in [-0.15, -0.1) is 0 Å². The first-order chi connectivity index (χ1) is 25.5. The van der Waals surface area contributed by atoms with Crippen molar-refractivity contribution < 1.29 is 32.2 Å². The van der Waals surface area contributed by atoms with Gasteiger partial charge in [-0.3, -0.25) is 0 Å². The Morgan fingerprint density at radius 1 is 1.04 bits per heavy atom. The van der Waals surface area contributed by atoms with Gasteiger partial charge in [0.05, 0.1) is 16.6 Å². The Bertz CT molecular complexity index is 1720. The van der Waals surface area contributed by atoms with E-state index < -0.39 is 37.2 Å². The molecule has 0 amide bonds. The molecule has 3 fully saturated rings. The maximum absolute atomic E-state index is 14.6. The molecule has 0 spiro atoms. The summed E-state index contributed by atoms with van der Waals surface area (Å²) in [6.45, 7) is 10.9. The molecule has 3 aliphatic rings. The van der Waals surface area contributed by atoms with Crippen LogP contribution in [0, 0.1) is 6.92 Å². The normalized spacial score (nSPS) is 19.0. The van der Waals surface area contributed by atoms with Gasteiger partial charge in [-0.2, -0.15) is 5.10 Å². The number of likely N-dealkylation sites (tertiary alicyclic amines) is 1. The van der Waals surface area contributed by atoms with Gasteiger partial charge in [-0.1, -0.05) is 0 Å². The highest BCUT2D eigenvalue weighted by atomic mass is 19.2. The summed E-state index contributed by atoms with van der Waals surface area (Å²) in [7, 11) is 0. The number of piperazine rings is 1. The van der Waals surface area contributed by atoms with E-state index in [2.05, 4.69) is 20.0 Å². The Kier molecular flexibility index (Phi) is 12.4. The van der Waals surface area contributed by atoms with E-state index in [9.17, 15) is 18.0 Å². The van der Waals surface area contributed by atoms with Crippen LogP contribution in [0.15, 0.2) is 30.5 Å². The van der Waals surface area contributed by atoms with Gasteiger partial charge in [0.1, 0.15) is 37.1 Å². The van der Waals surface area contributed by atoms with Gasteiger partial charge in [0.15, 0.2) is 6.23 Å². The third kappa shape index (κ3) is 9.56. The minimum absolute atomic E-state index is 0.213. The third-order valence-corrected chi connectivity index (χ3v) is 10.0. The van der Waals surface area contributed by atoms with E-state index in [-0.39, 0.29) is 6.23 Å². The molecule has 290 valence electrons. The molecule has 5 heterocycles. The zero-order chi connectivity index (χ0) is 37.6. The van der Waals surface area contributed by atoms with E-state index in [1.165, 1.54) is 18.9 Å². The van der Waals surface area contributed by atoms with Gasteiger partial charge >= 0.3 is 5.97 Å². The first-order valence-corrected chi connectivity index (χ1v) is 18.9. The Labute approximate surface area is 310 Å². The molecule has 3 aliphatic heterocycles. The van der Waals surface area contributed by atoms with Gasteiger partial charge in [-0.05, 0) is 90.6 Å². The minimum Gasteiger partial charge on any atom is -0.490 e. The number of anilines is 3. The van der Waals surface area contributed by atoms with Crippen molar-refractivity contribution in [3.63, 3.8) is 0 Å². The summed E-state index contributed by atoms with van der Waals surface area (Å²) >= 11 is 0. The van der Waals surface area contributed by atoms with E-state index in [1.54, 1.807) is 18.3 Å². The average Bonchev–Trinajstić information content (AvgIpc) is 3.82. The molecule has 11 nitrogen and oxygen atoms in total. The predicted octanol–water partition coefficient (Wildman–Crippen LogP) is 6.65. The second-order valence-electron chi connectivity index (χ2n) is 15.3. The van der Waals surface area contributed by atoms with Gasteiger partial charge < -0.3 is 34.2 Å². The molecule has 3 saturated heterocycles. The standard InChI is InChI=1S/C39H54F3N7O4/c1-28-31(43-14-17-46-15-6-7-16-46)23-29(52-27-39(42,25-40)26-41)24-33(28)47-18-20-48(21-19-47)37-36-30(10-11-35(50)53-38(2,3)4)45-49(32(36)12-13-44-37)34-9-5-8-22-51-34/h10-13,23-24,34,43H,5-9,14-22,25-27H2,1-4H3. The SMILES string of the molecule is Cc1c(NCCN2CCCC2)cc(OCC(F)(CF)CF)cc1N1CCN(c2nccc3c2c(C=CC(=O)OC(C)(C)C)nn3C2CCCCO2)CC1. The Hall–Kier alpha value is -4.04. The molecule has 14 heteroatoms. The summed E-state index contributed by atoms with van der Waals surface area (Å²) in [4.78, 5) is 24.4. The van der Waals surface area contributed by atoms with E-state index in [1.807, 2.05) is 44.5 Å². The third-order valence-electron chi connectivity index (χ3n) is 10.0.